The summed E-state index contributed by atoms with van der Waals surface area (Å²) in [4.78, 5) is 2.57. The van der Waals surface area contributed by atoms with E-state index in [0.29, 0.717) is 6.04 Å². The first-order valence-corrected chi connectivity index (χ1v) is 7.89. The summed E-state index contributed by atoms with van der Waals surface area (Å²) in [5, 5.41) is 4.27. The first kappa shape index (κ1) is 14.7. The second-order valence-electron chi connectivity index (χ2n) is 5.30. The highest BCUT2D eigenvalue weighted by Crippen LogP contribution is 2.31. The zero-order valence-electron chi connectivity index (χ0n) is 12.1. The summed E-state index contributed by atoms with van der Waals surface area (Å²) in [5.74, 6) is 0. The van der Waals surface area contributed by atoms with Gasteiger partial charge in [-0.2, -0.15) is 0 Å². The molecule has 0 saturated carbocycles. The van der Waals surface area contributed by atoms with E-state index in [4.69, 9.17) is 11.6 Å². The van der Waals surface area contributed by atoms with Crippen molar-refractivity contribution in [1.29, 1.82) is 0 Å². The quantitative estimate of drug-likeness (QED) is 0.869. The maximum Gasteiger partial charge on any atom is 0.0429 e. The molecule has 1 aromatic rings. The van der Waals surface area contributed by atoms with Gasteiger partial charge in [-0.05, 0) is 49.9 Å². The van der Waals surface area contributed by atoms with Crippen LogP contribution in [0.4, 0.5) is 5.69 Å². The fourth-order valence-corrected chi connectivity index (χ4v) is 3.12. The lowest BCUT2D eigenvalue weighted by atomic mass is 9.98. The average molecular weight is 281 g/mol. The highest BCUT2D eigenvalue weighted by atomic mass is 35.5. The fourth-order valence-electron chi connectivity index (χ4n) is 2.96. The van der Waals surface area contributed by atoms with Crippen LogP contribution in [0.25, 0.3) is 0 Å². The molecule has 0 radical (unpaired) electrons. The predicted octanol–water partition coefficient (Wildman–Crippen LogP) is 4.22. The highest BCUT2D eigenvalue weighted by Gasteiger charge is 2.23. The number of nitrogens with one attached hydrogen (secondary N) is 1. The minimum atomic E-state index is 0.674. The van der Waals surface area contributed by atoms with Crippen LogP contribution < -0.4 is 10.2 Å². The van der Waals surface area contributed by atoms with Gasteiger partial charge in [0.05, 0.1) is 0 Å². The van der Waals surface area contributed by atoms with Crippen LogP contribution in [0, 0.1) is 0 Å². The van der Waals surface area contributed by atoms with Crippen molar-refractivity contribution < 1.29 is 0 Å². The normalized spacial score (nSPS) is 19.7. The lowest BCUT2D eigenvalue weighted by molar-refractivity contribution is 0.448. The zero-order chi connectivity index (χ0) is 13.7. The molecule has 0 amide bonds. The lowest BCUT2D eigenvalue weighted by Gasteiger charge is -2.38. The molecule has 0 aliphatic carbocycles. The number of hydrogen-bond acceptors (Lipinski definition) is 2. The van der Waals surface area contributed by atoms with Crippen LogP contribution >= 0.6 is 11.6 Å². The van der Waals surface area contributed by atoms with Gasteiger partial charge in [-0.15, -0.1) is 0 Å². The van der Waals surface area contributed by atoms with E-state index in [1.165, 1.54) is 36.9 Å². The molecule has 1 atom stereocenters. The van der Waals surface area contributed by atoms with Crippen molar-refractivity contribution in [2.45, 2.75) is 52.1 Å². The summed E-state index contributed by atoms with van der Waals surface area (Å²) in [5.41, 5.74) is 2.70. The molecule has 106 valence electrons. The van der Waals surface area contributed by atoms with Gasteiger partial charge < -0.3 is 10.2 Å². The van der Waals surface area contributed by atoms with Crippen LogP contribution in [0.1, 0.15) is 45.1 Å². The Balaban J connectivity index is 2.26. The Labute approximate surface area is 122 Å². The Morgan fingerprint density at radius 3 is 2.89 bits per heavy atom. The number of piperidine rings is 1. The van der Waals surface area contributed by atoms with Crippen molar-refractivity contribution in [2.75, 3.05) is 18.0 Å². The van der Waals surface area contributed by atoms with Crippen molar-refractivity contribution in [3.05, 3.63) is 28.8 Å². The highest BCUT2D eigenvalue weighted by molar-refractivity contribution is 6.30. The second kappa shape index (κ2) is 7.16. The average Bonchev–Trinajstić information content (AvgIpc) is 2.46. The van der Waals surface area contributed by atoms with Crippen LogP contribution in [0.3, 0.4) is 0 Å². The van der Waals surface area contributed by atoms with Gasteiger partial charge in [0, 0.05) is 29.8 Å². The molecular weight excluding hydrogens is 256 g/mol. The molecule has 1 N–H and O–H groups in total. The maximum absolute atomic E-state index is 6.21. The molecule has 1 unspecified atom stereocenters. The van der Waals surface area contributed by atoms with Crippen LogP contribution in [-0.2, 0) is 6.54 Å². The van der Waals surface area contributed by atoms with Crippen LogP contribution in [0.2, 0.25) is 5.02 Å². The minimum Gasteiger partial charge on any atom is -0.368 e. The zero-order valence-corrected chi connectivity index (χ0v) is 12.8. The molecule has 1 aliphatic heterocycles. The van der Waals surface area contributed by atoms with Crippen LogP contribution in [0.15, 0.2) is 18.2 Å². The molecule has 2 nitrogen and oxygen atoms in total. The largest absolute Gasteiger partial charge is 0.368 e. The van der Waals surface area contributed by atoms with Gasteiger partial charge in [0.2, 0.25) is 0 Å². The summed E-state index contributed by atoms with van der Waals surface area (Å²) >= 11 is 6.21. The third kappa shape index (κ3) is 3.64. The van der Waals surface area contributed by atoms with E-state index in [2.05, 4.69) is 36.2 Å². The molecule has 2 rings (SSSR count). The Hall–Kier alpha value is -0.730. The van der Waals surface area contributed by atoms with Crippen molar-refractivity contribution in [3.8, 4) is 0 Å². The Morgan fingerprint density at radius 1 is 1.32 bits per heavy atom. The minimum absolute atomic E-state index is 0.674. The standard InChI is InChI=1S/C16H25ClN2/c1-3-15-7-5-6-10-19(15)16-11-14(17)9-8-13(16)12-18-4-2/h8-9,11,15,18H,3-7,10,12H2,1-2H3. The summed E-state index contributed by atoms with van der Waals surface area (Å²) in [6.45, 7) is 7.52. The molecule has 1 aromatic carbocycles. The Kier molecular flexibility index (Phi) is 5.53. The van der Waals surface area contributed by atoms with Crippen molar-refractivity contribution in [1.82, 2.24) is 5.32 Å². The number of nitrogens with zero attached hydrogens (tertiary/aromatic N) is 1. The maximum atomic E-state index is 6.21. The number of hydrogen-bond donors (Lipinski definition) is 1. The molecule has 1 saturated heterocycles. The topological polar surface area (TPSA) is 15.3 Å². The molecule has 0 aromatic heterocycles. The van der Waals surface area contributed by atoms with Crippen LogP contribution in [-0.4, -0.2) is 19.1 Å². The fraction of sp³-hybridized carbons (Fsp3) is 0.625. The van der Waals surface area contributed by atoms with Gasteiger partial charge in [-0.1, -0.05) is 31.5 Å². The Bertz CT molecular complexity index is 406. The number of benzene rings is 1. The van der Waals surface area contributed by atoms with Gasteiger partial charge in [0.1, 0.15) is 0 Å². The van der Waals surface area contributed by atoms with Gasteiger partial charge in [-0.25, -0.2) is 0 Å². The van der Waals surface area contributed by atoms with E-state index < -0.39 is 0 Å². The predicted molar refractivity (Wildman–Crippen MR) is 84.1 cm³/mol. The van der Waals surface area contributed by atoms with Gasteiger partial charge in [-0.3, -0.25) is 0 Å². The number of halogens is 1. The molecule has 0 bridgehead atoms. The Morgan fingerprint density at radius 2 is 2.16 bits per heavy atom. The first-order valence-electron chi connectivity index (χ1n) is 7.52. The monoisotopic (exact) mass is 280 g/mol. The van der Waals surface area contributed by atoms with Crippen molar-refractivity contribution in [2.24, 2.45) is 0 Å². The first-order chi connectivity index (χ1) is 9.26. The van der Waals surface area contributed by atoms with E-state index >= 15 is 0 Å². The summed E-state index contributed by atoms with van der Waals surface area (Å²) in [7, 11) is 0. The third-order valence-electron chi connectivity index (χ3n) is 4.02. The molecule has 19 heavy (non-hydrogen) atoms. The molecule has 1 heterocycles. The molecule has 1 fully saturated rings. The SMILES string of the molecule is CCNCc1ccc(Cl)cc1N1CCCCC1CC. The molecule has 0 spiro atoms. The summed E-state index contributed by atoms with van der Waals surface area (Å²) < 4.78 is 0. The van der Waals surface area contributed by atoms with E-state index in [9.17, 15) is 0 Å². The van der Waals surface area contributed by atoms with Crippen molar-refractivity contribution in [3.63, 3.8) is 0 Å². The van der Waals surface area contributed by atoms with E-state index in [1.807, 2.05) is 6.07 Å². The van der Waals surface area contributed by atoms with Gasteiger partial charge in [0.15, 0.2) is 0 Å². The number of anilines is 1. The summed E-state index contributed by atoms with van der Waals surface area (Å²) in [6.07, 6.45) is 5.18. The summed E-state index contributed by atoms with van der Waals surface area (Å²) in [6, 6.07) is 6.99. The molecule has 3 heteroatoms. The van der Waals surface area contributed by atoms with E-state index in [0.717, 1.165) is 24.7 Å². The number of rotatable bonds is 5. The smallest absolute Gasteiger partial charge is 0.0429 e. The van der Waals surface area contributed by atoms with E-state index in [-0.39, 0.29) is 0 Å². The third-order valence-corrected chi connectivity index (χ3v) is 4.26. The van der Waals surface area contributed by atoms with Gasteiger partial charge in [0.25, 0.3) is 0 Å². The molecular formula is C16H25ClN2. The van der Waals surface area contributed by atoms with Crippen LogP contribution in [0.5, 0.6) is 0 Å². The molecule has 1 aliphatic rings. The van der Waals surface area contributed by atoms with Gasteiger partial charge >= 0.3 is 0 Å². The van der Waals surface area contributed by atoms with Crippen molar-refractivity contribution >= 4 is 17.3 Å². The van der Waals surface area contributed by atoms with E-state index in [1.54, 1.807) is 0 Å². The lowest BCUT2D eigenvalue weighted by Crippen LogP contribution is -2.39. The second-order valence-corrected chi connectivity index (χ2v) is 5.74.